The van der Waals surface area contributed by atoms with Gasteiger partial charge in [-0.3, -0.25) is 24.2 Å². The summed E-state index contributed by atoms with van der Waals surface area (Å²) in [5.74, 6) is -1.47. The van der Waals surface area contributed by atoms with Gasteiger partial charge < -0.3 is 15.8 Å². The van der Waals surface area contributed by atoms with Crippen molar-refractivity contribution in [2.45, 2.75) is 26.1 Å². The molecule has 1 saturated heterocycles. The molecular formula is C21H22N4O5. The zero-order chi connectivity index (χ0) is 22.0. The summed E-state index contributed by atoms with van der Waals surface area (Å²) in [4.78, 5) is 51.7. The van der Waals surface area contributed by atoms with Crippen LogP contribution in [0.25, 0.3) is 0 Å². The summed E-state index contributed by atoms with van der Waals surface area (Å²) in [5.41, 5.74) is 7.39. The summed E-state index contributed by atoms with van der Waals surface area (Å²) in [5, 5.41) is 2.62. The number of carbonyl (C=O) groups excluding carboxylic acids is 4. The second kappa shape index (κ2) is 8.34. The van der Waals surface area contributed by atoms with Crippen LogP contribution >= 0.6 is 0 Å². The Balaban J connectivity index is 1.90. The van der Waals surface area contributed by atoms with Gasteiger partial charge in [0.15, 0.2) is 0 Å². The average molecular weight is 410 g/mol. The number of imide groups is 1. The Morgan fingerprint density at radius 1 is 1.07 bits per heavy atom. The number of carbonyl (C=O) groups is 4. The van der Waals surface area contributed by atoms with E-state index in [0.717, 1.165) is 4.90 Å². The lowest BCUT2D eigenvalue weighted by Gasteiger charge is -2.41. The summed E-state index contributed by atoms with van der Waals surface area (Å²) < 4.78 is 5.10. The van der Waals surface area contributed by atoms with E-state index in [1.807, 2.05) is 0 Å². The van der Waals surface area contributed by atoms with Crippen molar-refractivity contribution in [1.82, 2.24) is 10.2 Å². The van der Waals surface area contributed by atoms with Crippen molar-refractivity contribution >= 4 is 29.5 Å². The predicted octanol–water partition coefficient (Wildman–Crippen LogP) is 1.40. The molecule has 0 bridgehead atoms. The van der Waals surface area contributed by atoms with Crippen molar-refractivity contribution in [1.29, 1.82) is 0 Å². The van der Waals surface area contributed by atoms with Gasteiger partial charge in [0.1, 0.15) is 18.0 Å². The molecule has 1 aliphatic heterocycles. The fraction of sp³-hybridized carbons (Fsp3) is 0.238. The number of nitrogens with zero attached hydrogens (tertiary/aromatic N) is 2. The Morgan fingerprint density at radius 3 is 2.37 bits per heavy atom. The molecule has 2 atom stereocenters. The molecule has 4 amide bonds. The molecule has 0 radical (unpaired) electrons. The number of likely N-dealkylation sites (N-methyl/N-ethyl adjacent to an activating group) is 1. The molecule has 2 aromatic rings. The number of benzene rings is 2. The van der Waals surface area contributed by atoms with Gasteiger partial charge in [-0.1, -0.05) is 24.3 Å². The second-order valence-electron chi connectivity index (χ2n) is 6.85. The number of hydrogen-bond acceptors (Lipinski definition) is 6. The minimum Gasteiger partial charge on any atom is -0.426 e. The molecule has 9 heteroatoms. The molecule has 0 saturated carbocycles. The third-order valence-corrected chi connectivity index (χ3v) is 4.83. The number of para-hydroxylation sites is 1. The topological polar surface area (TPSA) is 122 Å². The third-order valence-electron chi connectivity index (χ3n) is 4.83. The van der Waals surface area contributed by atoms with Crippen molar-refractivity contribution in [3.63, 3.8) is 0 Å². The summed E-state index contributed by atoms with van der Waals surface area (Å²) in [6.07, 6.45) is -1.11. The summed E-state index contributed by atoms with van der Waals surface area (Å²) in [6.45, 7) is 2.89. The van der Waals surface area contributed by atoms with Crippen LogP contribution in [-0.4, -0.2) is 48.0 Å². The molecular weight excluding hydrogens is 388 g/mol. The number of esters is 1. The molecule has 1 aliphatic rings. The molecule has 3 rings (SSSR count). The number of rotatable bonds is 4. The first kappa shape index (κ1) is 21.0. The van der Waals surface area contributed by atoms with Gasteiger partial charge in [0, 0.05) is 30.8 Å². The summed E-state index contributed by atoms with van der Waals surface area (Å²) in [6, 6.07) is 11.6. The number of urea groups is 1. The fourth-order valence-corrected chi connectivity index (χ4v) is 3.25. The number of ether oxygens (including phenoxy) is 1. The normalized spacial score (nSPS) is 18.9. The maximum atomic E-state index is 12.9. The van der Waals surface area contributed by atoms with Crippen molar-refractivity contribution in [3.8, 4) is 5.75 Å². The van der Waals surface area contributed by atoms with Crippen LogP contribution in [0, 0.1) is 6.92 Å². The van der Waals surface area contributed by atoms with E-state index in [2.05, 4.69) is 5.32 Å². The smallest absolute Gasteiger partial charge is 0.332 e. The highest BCUT2D eigenvalue weighted by Gasteiger charge is 2.44. The number of anilines is 1. The van der Waals surface area contributed by atoms with E-state index >= 15 is 0 Å². The molecule has 2 aromatic carbocycles. The fourth-order valence-electron chi connectivity index (χ4n) is 3.25. The summed E-state index contributed by atoms with van der Waals surface area (Å²) >= 11 is 0. The molecule has 1 heterocycles. The van der Waals surface area contributed by atoms with Gasteiger partial charge in [0.05, 0.1) is 0 Å². The molecule has 156 valence electrons. The molecule has 1 fully saturated rings. The number of hydrogen-bond donors (Lipinski definition) is 2. The Morgan fingerprint density at radius 2 is 1.73 bits per heavy atom. The molecule has 3 N–H and O–H groups in total. The number of nitrogens with one attached hydrogen (secondary N) is 1. The van der Waals surface area contributed by atoms with Gasteiger partial charge in [-0.15, -0.1) is 0 Å². The van der Waals surface area contributed by atoms with E-state index < -0.39 is 36.0 Å². The highest BCUT2D eigenvalue weighted by Crippen LogP contribution is 2.24. The standard InChI is InChI=1S/C21H22N4O5/c1-12-15(10-7-11-16(12)30-13(2)26)19(27)23-17-18(22)25(14-8-5-4-6-9-14)21(29)24(3)20(17)28/h4-11,17-18H,22H2,1-3H3,(H,23,27). The first-order valence-electron chi connectivity index (χ1n) is 9.22. The van der Waals surface area contributed by atoms with Crippen molar-refractivity contribution in [2.24, 2.45) is 5.73 Å². The van der Waals surface area contributed by atoms with Gasteiger partial charge >= 0.3 is 12.0 Å². The highest BCUT2D eigenvalue weighted by atomic mass is 16.5. The summed E-state index contributed by atoms with van der Waals surface area (Å²) in [7, 11) is 1.33. The van der Waals surface area contributed by atoms with Crippen LogP contribution < -0.4 is 20.7 Å². The molecule has 9 nitrogen and oxygen atoms in total. The van der Waals surface area contributed by atoms with Crippen LogP contribution in [0.2, 0.25) is 0 Å². The zero-order valence-electron chi connectivity index (χ0n) is 16.8. The van der Waals surface area contributed by atoms with E-state index in [4.69, 9.17) is 10.5 Å². The Labute approximate surface area is 173 Å². The largest absolute Gasteiger partial charge is 0.426 e. The van der Waals surface area contributed by atoms with Crippen molar-refractivity contribution in [3.05, 3.63) is 59.7 Å². The monoisotopic (exact) mass is 410 g/mol. The molecule has 0 spiro atoms. The van der Waals surface area contributed by atoms with Gasteiger partial charge in [-0.2, -0.15) is 0 Å². The van der Waals surface area contributed by atoms with Crippen molar-refractivity contribution < 1.29 is 23.9 Å². The number of amides is 4. The molecule has 2 unspecified atom stereocenters. The van der Waals surface area contributed by atoms with Crippen LogP contribution in [0.1, 0.15) is 22.8 Å². The molecule has 0 aromatic heterocycles. The zero-order valence-corrected chi connectivity index (χ0v) is 16.8. The first-order valence-corrected chi connectivity index (χ1v) is 9.22. The third kappa shape index (κ3) is 3.87. The Bertz CT molecular complexity index is 1010. The maximum Gasteiger partial charge on any atom is 0.332 e. The minimum atomic E-state index is -1.17. The lowest BCUT2D eigenvalue weighted by Crippen LogP contribution is -2.71. The highest BCUT2D eigenvalue weighted by molar-refractivity contribution is 6.10. The van der Waals surface area contributed by atoms with Gasteiger partial charge in [-0.05, 0) is 31.2 Å². The second-order valence-corrected chi connectivity index (χ2v) is 6.85. The quantitative estimate of drug-likeness (QED) is 0.580. The van der Waals surface area contributed by atoms with Crippen LogP contribution in [0.15, 0.2) is 48.5 Å². The Hall–Kier alpha value is -3.72. The number of nitrogens with two attached hydrogens (primary N) is 1. The van der Waals surface area contributed by atoms with Gasteiger partial charge in [0.25, 0.3) is 11.8 Å². The van der Waals surface area contributed by atoms with E-state index in [1.54, 1.807) is 55.5 Å². The molecule has 0 aliphatic carbocycles. The lowest BCUT2D eigenvalue weighted by molar-refractivity contribution is -0.132. The van der Waals surface area contributed by atoms with Gasteiger partial charge in [0.2, 0.25) is 0 Å². The molecule has 30 heavy (non-hydrogen) atoms. The lowest BCUT2D eigenvalue weighted by atomic mass is 10.0. The van der Waals surface area contributed by atoms with E-state index in [0.29, 0.717) is 11.3 Å². The SMILES string of the molecule is CC(=O)Oc1cccc(C(=O)NC2C(=O)N(C)C(=O)N(c3ccccc3)C2N)c1C. The van der Waals surface area contributed by atoms with E-state index in [9.17, 15) is 19.2 Å². The maximum absolute atomic E-state index is 12.9. The van der Waals surface area contributed by atoms with Crippen LogP contribution in [0.4, 0.5) is 10.5 Å². The minimum absolute atomic E-state index is 0.222. The van der Waals surface area contributed by atoms with Crippen LogP contribution in [-0.2, 0) is 9.59 Å². The first-order chi connectivity index (χ1) is 14.2. The Kier molecular flexibility index (Phi) is 5.84. The average Bonchev–Trinajstić information content (AvgIpc) is 2.71. The van der Waals surface area contributed by atoms with Crippen molar-refractivity contribution in [2.75, 3.05) is 11.9 Å². The van der Waals surface area contributed by atoms with Gasteiger partial charge in [-0.25, -0.2) is 4.79 Å². The predicted molar refractivity (Wildman–Crippen MR) is 109 cm³/mol. The van der Waals surface area contributed by atoms with Crippen LogP contribution in [0.5, 0.6) is 5.75 Å². The van der Waals surface area contributed by atoms with E-state index in [1.165, 1.54) is 18.9 Å². The van der Waals surface area contributed by atoms with Crippen LogP contribution in [0.3, 0.4) is 0 Å². The van der Waals surface area contributed by atoms with E-state index in [-0.39, 0.29) is 11.3 Å².